The van der Waals surface area contributed by atoms with E-state index in [1.807, 2.05) is 13.0 Å². The molecule has 1 unspecified atom stereocenters. The van der Waals surface area contributed by atoms with Crippen molar-refractivity contribution in [2.45, 2.75) is 58.0 Å². The second kappa shape index (κ2) is 7.61. The summed E-state index contributed by atoms with van der Waals surface area (Å²) in [5.41, 5.74) is 0. The van der Waals surface area contributed by atoms with E-state index in [-0.39, 0.29) is 6.10 Å². The van der Waals surface area contributed by atoms with Gasteiger partial charge < -0.3 is 4.74 Å². The van der Waals surface area contributed by atoms with Gasteiger partial charge in [0, 0.05) is 13.0 Å². The molecule has 0 aromatic rings. The van der Waals surface area contributed by atoms with Gasteiger partial charge in [0.1, 0.15) is 6.10 Å². The quantitative estimate of drug-likeness (QED) is 0.419. The molecule has 1 fully saturated rings. The number of unbranched alkanes of at least 4 members (excludes halogenated alkanes) is 3. The molecule has 1 atom stereocenters. The molecule has 0 N–H and O–H groups in total. The highest BCUT2D eigenvalue weighted by Crippen LogP contribution is 2.35. The lowest BCUT2D eigenvalue weighted by Gasteiger charge is -2.14. The topological polar surface area (TPSA) is 26.3 Å². The molecule has 0 heterocycles. The van der Waals surface area contributed by atoms with Gasteiger partial charge in [-0.05, 0) is 44.9 Å². The lowest BCUT2D eigenvalue weighted by Crippen LogP contribution is -2.26. The number of hydrogen-bond acceptors (Lipinski definition) is 2. The van der Waals surface area contributed by atoms with Crippen molar-refractivity contribution in [3.05, 3.63) is 12.7 Å². The smallest absolute Gasteiger partial charge is 0.161 e. The first kappa shape index (κ1) is 13.4. The maximum absolute atomic E-state index is 11.9. The highest BCUT2D eigenvalue weighted by molar-refractivity contribution is 5.83. The number of rotatable bonds is 10. The molecule has 0 amide bonds. The average Bonchev–Trinajstić information content (AvgIpc) is 3.09. The summed E-state index contributed by atoms with van der Waals surface area (Å²) in [5, 5.41) is 0. The molecular formula is C14H24O2. The van der Waals surface area contributed by atoms with Gasteiger partial charge in [-0.3, -0.25) is 4.79 Å². The fraction of sp³-hybridized carbons (Fsp3) is 0.786. The standard InChI is InChI=1S/C14H24O2/c1-3-5-6-7-8-9-13(15)14(16-4-2)12-10-11-12/h3,12,14H,1,4-11H2,2H3. The molecule has 1 aliphatic rings. The van der Waals surface area contributed by atoms with Crippen molar-refractivity contribution in [2.24, 2.45) is 5.92 Å². The summed E-state index contributed by atoms with van der Waals surface area (Å²) in [6.45, 7) is 6.31. The van der Waals surface area contributed by atoms with Crippen molar-refractivity contribution in [2.75, 3.05) is 6.61 Å². The SMILES string of the molecule is C=CCCCCCC(=O)C(OCC)C1CC1. The number of Topliss-reactive ketones (excluding diaryl/α,β-unsaturated/α-hetero) is 1. The molecule has 2 nitrogen and oxygen atoms in total. The summed E-state index contributed by atoms with van der Waals surface area (Å²) in [4.78, 5) is 11.9. The minimum Gasteiger partial charge on any atom is -0.370 e. The van der Waals surface area contributed by atoms with E-state index in [1.165, 1.54) is 12.8 Å². The summed E-state index contributed by atoms with van der Waals surface area (Å²) >= 11 is 0. The average molecular weight is 224 g/mol. The molecule has 0 bridgehead atoms. The van der Waals surface area contributed by atoms with Crippen molar-refractivity contribution < 1.29 is 9.53 Å². The minimum atomic E-state index is -0.0931. The third-order valence-electron chi connectivity index (χ3n) is 3.05. The zero-order valence-corrected chi connectivity index (χ0v) is 10.4. The molecule has 0 radical (unpaired) electrons. The lowest BCUT2D eigenvalue weighted by molar-refractivity contribution is -0.131. The van der Waals surface area contributed by atoms with E-state index in [1.54, 1.807) is 0 Å². The van der Waals surface area contributed by atoms with Gasteiger partial charge in [-0.1, -0.05) is 12.5 Å². The summed E-state index contributed by atoms with van der Waals surface area (Å²) in [5.74, 6) is 0.851. The zero-order chi connectivity index (χ0) is 11.8. The van der Waals surface area contributed by atoms with Crippen LogP contribution in [0.3, 0.4) is 0 Å². The molecule has 1 saturated carbocycles. The summed E-state index contributed by atoms with van der Waals surface area (Å²) in [6.07, 6.45) is 9.23. The molecule has 0 aliphatic heterocycles. The molecule has 0 aromatic heterocycles. The first-order valence-electron chi connectivity index (χ1n) is 6.54. The van der Waals surface area contributed by atoms with Gasteiger partial charge in [0.15, 0.2) is 5.78 Å². The van der Waals surface area contributed by atoms with E-state index in [0.29, 0.717) is 24.7 Å². The number of carbonyl (C=O) groups excluding carboxylic acids is 1. The van der Waals surface area contributed by atoms with Crippen LogP contribution >= 0.6 is 0 Å². The maximum Gasteiger partial charge on any atom is 0.161 e. The Hall–Kier alpha value is -0.630. The van der Waals surface area contributed by atoms with Gasteiger partial charge in [-0.2, -0.15) is 0 Å². The molecule has 1 rings (SSSR count). The van der Waals surface area contributed by atoms with Gasteiger partial charge in [-0.25, -0.2) is 0 Å². The van der Waals surface area contributed by atoms with Crippen LogP contribution in [0.5, 0.6) is 0 Å². The van der Waals surface area contributed by atoms with Crippen LogP contribution in [-0.2, 0) is 9.53 Å². The number of carbonyl (C=O) groups is 1. The number of ether oxygens (including phenoxy) is 1. The van der Waals surface area contributed by atoms with Crippen LogP contribution in [0.25, 0.3) is 0 Å². The third kappa shape index (κ3) is 4.93. The normalized spacial score (nSPS) is 17.1. The Morgan fingerprint density at radius 3 is 2.75 bits per heavy atom. The highest BCUT2D eigenvalue weighted by Gasteiger charge is 2.35. The molecule has 1 aliphatic carbocycles. The Morgan fingerprint density at radius 2 is 2.19 bits per heavy atom. The Bertz CT molecular complexity index is 219. The second-order valence-corrected chi connectivity index (χ2v) is 4.57. The van der Waals surface area contributed by atoms with Crippen LogP contribution < -0.4 is 0 Å². The van der Waals surface area contributed by atoms with Gasteiger partial charge >= 0.3 is 0 Å². The van der Waals surface area contributed by atoms with Crippen molar-refractivity contribution in [1.82, 2.24) is 0 Å². The fourth-order valence-electron chi connectivity index (χ4n) is 1.98. The predicted molar refractivity (Wildman–Crippen MR) is 66.4 cm³/mol. The van der Waals surface area contributed by atoms with Gasteiger partial charge in [-0.15, -0.1) is 6.58 Å². The lowest BCUT2D eigenvalue weighted by atomic mass is 10.0. The minimum absolute atomic E-state index is 0.0931. The molecule has 16 heavy (non-hydrogen) atoms. The second-order valence-electron chi connectivity index (χ2n) is 4.57. The van der Waals surface area contributed by atoms with Crippen LogP contribution in [0.2, 0.25) is 0 Å². The van der Waals surface area contributed by atoms with E-state index in [4.69, 9.17) is 4.74 Å². The molecule has 92 valence electrons. The Labute approximate surface area is 99.1 Å². The monoisotopic (exact) mass is 224 g/mol. The highest BCUT2D eigenvalue weighted by atomic mass is 16.5. The number of allylic oxidation sites excluding steroid dienone is 1. The van der Waals surface area contributed by atoms with E-state index in [2.05, 4.69) is 6.58 Å². The van der Waals surface area contributed by atoms with E-state index in [9.17, 15) is 4.79 Å². The van der Waals surface area contributed by atoms with Crippen LogP contribution in [0.4, 0.5) is 0 Å². The van der Waals surface area contributed by atoms with Crippen molar-refractivity contribution >= 4 is 5.78 Å². The first-order chi connectivity index (χ1) is 7.79. The van der Waals surface area contributed by atoms with E-state index >= 15 is 0 Å². The van der Waals surface area contributed by atoms with E-state index < -0.39 is 0 Å². The van der Waals surface area contributed by atoms with Crippen LogP contribution in [0.1, 0.15) is 51.9 Å². The Morgan fingerprint density at radius 1 is 1.44 bits per heavy atom. The first-order valence-corrected chi connectivity index (χ1v) is 6.54. The largest absolute Gasteiger partial charge is 0.370 e. The van der Waals surface area contributed by atoms with Crippen molar-refractivity contribution in [1.29, 1.82) is 0 Å². The van der Waals surface area contributed by atoms with Crippen LogP contribution in [0.15, 0.2) is 12.7 Å². The number of hydrogen-bond donors (Lipinski definition) is 0. The van der Waals surface area contributed by atoms with Gasteiger partial charge in [0.05, 0.1) is 0 Å². The Balaban J connectivity index is 2.13. The van der Waals surface area contributed by atoms with Gasteiger partial charge in [0.25, 0.3) is 0 Å². The van der Waals surface area contributed by atoms with Gasteiger partial charge in [0.2, 0.25) is 0 Å². The molecule has 0 saturated heterocycles. The molecule has 0 aromatic carbocycles. The summed E-state index contributed by atoms with van der Waals surface area (Å²) in [7, 11) is 0. The summed E-state index contributed by atoms with van der Waals surface area (Å²) in [6, 6.07) is 0. The third-order valence-corrected chi connectivity index (χ3v) is 3.05. The molecular weight excluding hydrogens is 200 g/mol. The van der Waals surface area contributed by atoms with E-state index in [0.717, 1.165) is 25.7 Å². The molecule has 0 spiro atoms. The fourth-order valence-corrected chi connectivity index (χ4v) is 1.98. The van der Waals surface area contributed by atoms with Crippen molar-refractivity contribution in [3.8, 4) is 0 Å². The predicted octanol–water partition coefficient (Wildman–Crippen LogP) is 3.51. The zero-order valence-electron chi connectivity index (χ0n) is 10.4. The number of ketones is 1. The maximum atomic E-state index is 11.9. The van der Waals surface area contributed by atoms with Crippen LogP contribution in [0, 0.1) is 5.92 Å². The molecule has 2 heteroatoms. The summed E-state index contributed by atoms with van der Waals surface area (Å²) < 4.78 is 5.54. The van der Waals surface area contributed by atoms with Crippen molar-refractivity contribution in [3.63, 3.8) is 0 Å². The Kier molecular flexibility index (Phi) is 6.39. The van der Waals surface area contributed by atoms with Crippen LogP contribution in [-0.4, -0.2) is 18.5 Å².